The van der Waals surface area contributed by atoms with Crippen LogP contribution in [0.2, 0.25) is 0 Å². The van der Waals surface area contributed by atoms with Crippen LogP contribution < -0.4 is 0 Å². The van der Waals surface area contributed by atoms with Gasteiger partial charge in [0.25, 0.3) is 0 Å². The van der Waals surface area contributed by atoms with Gasteiger partial charge in [0.2, 0.25) is 0 Å². The number of benzene rings is 2. The lowest BCUT2D eigenvalue weighted by Crippen LogP contribution is -2.11. The van der Waals surface area contributed by atoms with E-state index in [1.54, 1.807) is 61.2 Å². The van der Waals surface area contributed by atoms with Gasteiger partial charge in [0.1, 0.15) is 0 Å². The largest absolute Gasteiger partial charge is 0.0651 e. The minimum absolute atomic E-state index is 1.18. The number of aryl methyl sites for hydroxylation is 1. The standard InChI is InChI=1S/C34H52/c1-8-15-24-22-25-23-32-29(19-12-5)27(17-10-3)28(18-11-4)31(21-14-7)34(32)33(25)30(20-13-6)26(24)16-9-2/h22H,8-21,23H2,1-7H3. The molecule has 0 aliphatic heterocycles. The summed E-state index contributed by atoms with van der Waals surface area (Å²) in [7, 11) is 0. The van der Waals surface area contributed by atoms with Crippen LogP contribution in [0.4, 0.5) is 0 Å². The van der Waals surface area contributed by atoms with E-state index >= 15 is 0 Å². The average Bonchev–Trinajstić information content (AvgIpc) is 3.19. The zero-order valence-electron chi connectivity index (χ0n) is 23.7. The maximum absolute atomic E-state index is 2.66. The summed E-state index contributed by atoms with van der Waals surface area (Å²) >= 11 is 0. The third-order valence-corrected chi connectivity index (χ3v) is 7.92. The van der Waals surface area contributed by atoms with E-state index in [0.717, 1.165) is 0 Å². The van der Waals surface area contributed by atoms with E-state index in [1.807, 2.05) is 0 Å². The lowest BCUT2D eigenvalue weighted by molar-refractivity contribution is 0.796. The van der Waals surface area contributed by atoms with Gasteiger partial charge >= 0.3 is 0 Å². The van der Waals surface area contributed by atoms with E-state index in [0.29, 0.717) is 0 Å². The fourth-order valence-electron chi connectivity index (χ4n) is 6.84. The van der Waals surface area contributed by atoms with Crippen LogP contribution in [-0.4, -0.2) is 0 Å². The summed E-state index contributed by atoms with van der Waals surface area (Å²) in [5.41, 5.74) is 18.9. The second-order valence-corrected chi connectivity index (χ2v) is 10.7. The van der Waals surface area contributed by atoms with Gasteiger partial charge in [-0.05, 0) is 113 Å². The second-order valence-electron chi connectivity index (χ2n) is 10.7. The predicted molar refractivity (Wildman–Crippen MR) is 153 cm³/mol. The van der Waals surface area contributed by atoms with Gasteiger partial charge in [-0.2, -0.15) is 0 Å². The maximum atomic E-state index is 2.66. The van der Waals surface area contributed by atoms with E-state index in [1.165, 1.54) is 96.3 Å². The van der Waals surface area contributed by atoms with Crippen LogP contribution >= 0.6 is 0 Å². The topological polar surface area (TPSA) is 0 Å². The molecule has 0 saturated heterocycles. The van der Waals surface area contributed by atoms with E-state index in [2.05, 4.69) is 54.5 Å². The molecule has 0 saturated carbocycles. The molecule has 188 valence electrons. The van der Waals surface area contributed by atoms with Crippen LogP contribution in [0.1, 0.15) is 143 Å². The monoisotopic (exact) mass is 460 g/mol. The molecular formula is C34H52. The van der Waals surface area contributed by atoms with E-state index in [9.17, 15) is 0 Å². The summed E-state index contributed by atoms with van der Waals surface area (Å²) in [5.74, 6) is 0. The van der Waals surface area contributed by atoms with Crippen molar-refractivity contribution in [3.05, 3.63) is 56.1 Å². The Balaban J connectivity index is 2.44. The summed E-state index contributed by atoms with van der Waals surface area (Å²) in [6, 6.07) is 2.66. The molecule has 0 heterocycles. The van der Waals surface area contributed by atoms with Gasteiger partial charge in [-0.1, -0.05) is 99.5 Å². The Labute approximate surface area is 212 Å². The summed E-state index contributed by atoms with van der Waals surface area (Å²) in [4.78, 5) is 0. The van der Waals surface area contributed by atoms with Crippen LogP contribution in [0.5, 0.6) is 0 Å². The molecule has 34 heavy (non-hydrogen) atoms. The van der Waals surface area contributed by atoms with Crippen molar-refractivity contribution >= 4 is 0 Å². The van der Waals surface area contributed by atoms with E-state index < -0.39 is 0 Å². The molecule has 0 bridgehead atoms. The summed E-state index contributed by atoms with van der Waals surface area (Å²) in [6.07, 6.45) is 18.7. The minimum atomic E-state index is 1.18. The molecule has 3 rings (SSSR count). The van der Waals surface area contributed by atoms with Gasteiger partial charge in [-0.3, -0.25) is 0 Å². The molecule has 0 unspecified atom stereocenters. The fourth-order valence-corrected chi connectivity index (χ4v) is 6.84. The first-order valence-electron chi connectivity index (χ1n) is 15.0. The number of fused-ring (bicyclic) bond motifs is 3. The molecule has 0 nitrogen and oxygen atoms in total. The van der Waals surface area contributed by atoms with Crippen molar-refractivity contribution in [2.45, 2.75) is 145 Å². The third kappa shape index (κ3) is 5.17. The van der Waals surface area contributed by atoms with Crippen LogP contribution in [0.25, 0.3) is 11.1 Å². The fraction of sp³-hybridized carbons (Fsp3) is 0.647. The summed E-state index contributed by atoms with van der Waals surface area (Å²) < 4.78 is 0. The van der Waals surface area contributed by atoms with Crippen LogP contribution in [0, 0.1) is 0 Å². The highest BCUT2D eigenvalue weighted by Crippen LogP contribution is 2.49. The lowest BCUT2D eigenvalue weighted by Gasteiger charge is -2.26. The van der Waals surface area contributed by atoms with Crippen LogP contribution in [-0.2, 0) is 51.4 Å². The van der Waals surface area contributed by atoms with Gasteiger partial charge in [-0.25, -0.2) is 0 Å². The Morgan fingerprint density at radius 2 is 0.853 bits per heavy atom. The molecule has 0 N–H and O–H groups in total. The smallest absolute Gasteiger partial charge is 0.00103 e. The summed E-state index contributed by atoms with van der Waals surface area (Å²) in [5, 5.41) is 0. The van der Waals surface area contributed by atoms with Gasteiger partial charge in [-0.15, -0.1) is 0 Å². The second kappa shape index (κ2) is 12.9. The van der Waals surface area contributed by atoms with Gasteiger partial charge in [0.05, 0.1) is 0 Å². The predicted octanol–water partition coefficient (Wildman–Crippen LogP) is 9.93. The van der Waals surface area contributed by atoms with Crippen LogP contribution in [0.3, 0.4) is 0 Å². The highest BCUT2D eigenvalue weighted by molar-refractivity contribution is 5.86. The van der Waals surface area contributed by atoms with Gasteiger partial charge in [0, 0.05) is 0 Å². The molecule has 0 radical (unpaired) electrons. The zero-order valence-corrected chi connectivity index (χ0v) is 23.7. The molecule has 0 atom stereocenters. The first-order chi connectivity index (χ1) is 16.6. The molecule has 1 aliphatic rings. The number of rotatable bonds is 14. The van der Waals surface area contributed by atoms with Gasteiger partial charge in [0.15, 0.2) is 0 Å². The van der Waals surface area contributed by atoms with E-state index in [-0.39, 0.29) is 0 Å². The molecular weight excluding hydrogens is 408 g/mol. The molecule has 0 fully saturated rings. The van der Waals surface area contributed by atoms with Crippen molar-refractivity contribution in [3.63, 3.8) is 0 Å². The van der Waals surface area contributed by atoms with Crippen molar-refractivity contribution in [3.8, 4) is 11.1 Å². The highest BCUT2D eigenvalue weighted by atomic mass is 14.4. The minimum Gasteiger partial charge on any atom is -0.0651 e. The van der Waals surface area contributed by atoms with Crippen molar-refractivity contribution in [2.75, 3.05) is 0 Å². The molecule has 2 aromatic carbocycles. The van der Waals surface area contributed by atoms with Crippen molar-refractivity contribution < 1.29 is 0 Å². The molecule has 1 aliphatic carbocycles. The molecule has 0 spiro atoms. The molecule has 0 amide bonds. The third-order valence-electron chi connectivity index (χ3n) is 7.92. The Morgan fingerprint density at radius 3 is 1.38 bits per heavy atom. The number of hydrogen-bond acceptors (Lipinski definition) is 0. The normalized spacial score (nSPS) is 12.3. The highest BCUT2D eigenvalue weighted by Gasteiger charge is 2.32. The average molecular weight is 461 g/mol. The Kier molecular flexibility index (Phi) is 10.3. The van der Waals surface area contributed by atoms with Crippen molar-refractivity contribution in [1.82, 2.24) is 0 Å². The Morgan fingerprint density at radius 1 is 0.441 bits per heavy atom. The Bertz CT molecular complexity index is 959. The van der Waals surface area contributed by atoms with Crippen molar-refractivity contribution in [2.24, 2.45) is 0 Å². The van der Waals surface area contributed by atoms with E-state index in [4.69, 9.17) is 0 Å². The van der Waals surface area contributed by atoms with Crippen molar-refractivity contribution in [1.29, 1.82) is 0 Å². The molecule has 2 aromatic rings. The lowest BCUT2D eigenvalue weighted by atomic mass is 9.79. The molecule has 0 heteroatoms. The molecule has 0 aromatic heterocycles. The first-order valence-corrected chi connectivity index (χ1v) is 15.0. The van der Waals surface area contributed by atoms with Gasteiger partial charge < -0.3 is 0 Å². The first kappa shape index (κ1) is 27.0. The summed E-state index contributed by atoms with van der Waals surface area (Å²) in [6.45, 7) is 16.6. The maximum Gasteiger partial charge on any atom is -0.00103 e. The zero-order chi connectivity index (χ0) is 24.7. The van der Waals surface area contributed by atoms with Crippen LogP contribution in [0.15, 0.2) is 6.07 Å². The number of hydrogen-bond donors (Lipinski definition) is 0. The Hall–Kier alpha value is -1.56. The SMILES string of the molecule is CCCc1cc2c(c(CCC)c1CCC)-c1c(CCC)c(CCC)c(CCC)c(CCC)c1C2. The quantitative estimate of drug-likeness (QED) is 0.224.